The van der Waals surface area contributed by atoms with Crippen LogP contribution in [0.2, 0.25) is 0 Å². The molecule has 7 nitrogen and oxygen atoms in total. The van der Waals surface area contributed by atoms with Crippen molar-refractivity contribution in [2.75, 3.05) is 20.2 Å². The van der Waals surface area contributed by atoms with E-state index in [1.54, 1.807) is 6.07 Å². The average Bonchev–Trinajstić information content (AvgIpc) is 2.88. The number of nitrogens with one attached hydrogen (secondary N) is 1. The summed E-state index contributed by atoms with van der Waals surface area (Å²) in [7, 11) is 1.51. The van der Waals surface area contributed by atoms with Gasteiger partial charge in [0, 0.05) is 18.2 Å². The van der Waals surface area contributed by atoms with Crippen molar-refractivity contribution in [3.8, 4) is 5.88 Å². The van der Waals surface area contributed by atoms with Crippen molar-refractivity contribution in [2.45, 2.75) is 31.8 Å². The topological polar surface area (TPSA) is 91.8 Å². The Bertz CT molecular complexity index is 513. The molecule has 1 heterocycles. The van der Waals surface area contributed by atoms with E-state index < -0.39 is 5.97 Å². The monoisotopic (exact) mass is 313 g/mol. The zero-order valence-corrected chi connectivity index (χ0v) is 12.9. The zero-order chi connectivity index (χ0) is 15.4. The van der Waals surface area contributed by atoms with Crippen LogP contribution in [0.25, 0.3) is 0 Å². The highest BCUT2D eigenvalue weighted by Gasteiger charge is 2.35. The molecule has 1 amide bonds. The molecule has 8 heteroatoms. The Balaban J connectivity index is 1.79. The van der Waals surface area contributed by atoms with Gasteiger partial charge in [0.15, 0.2) is 0 Å². The fraction of sp³-hybridized carbons (Fsp3) is 0.615. The Morgan fingerprint density at radius 1 is 1.57 bits per heavy atom. The predicted octanol–water partition coefficient (Wildman–Crippen LogP) is 0.819. The molecule has 0 radical (unpaired) electrons. The van der Waals surface area contributed by atoms with Crippen LogP contribution in [0, 0.1) is 0 Å². The van der Waals surface area contributed by atoms with Crippen molar-refractivity contribution in [3.63, 3.8) is 0 Å². The van der Waals surface area contributed by atoms with E-state index in [9.17, 15) is 9.59 Å². The second-order valence-electron chi connectivity index (χ2n) is 4.99. The molecule has 1 fully saturated rings. The first-order valence-electron chi connectivity index (χ1n) is 6.80. The fourth-order valence-corrected chi connectivity index (χ4v) is 3.01. The van der Waals surface area contributed by atoms with E-state index in [-0.39, 0.29) is 24.5 Å². The van der Waals surface area contributed by atoms with Crippen molar-refractivity contribution < 1.29 is 19.4 Å². The van der Waals surface area contributed by atoms with E-state index in [4.69, 9.17) is 9.84 Å². The lowest BCUT2D eigenvalue weighted by molar-refractivity contribution is -0.139. The van der Waals surface area contributed by atoms with Crippen LogP contribution in [-0.4, -0.2) is 58.5 Å². The van der Waals surface area contributed by atoms with Gasteiger partial charge in [-0.1, -0.05) is 6.92 Å². The number of carboxylic acid groups (broad SMARTS) is 1. The number of rotatable bonds is 7. The SMILES string of the molecule is CCN(CC(=O)O)C1CC(NC(=O)c2cc(OC)ns2)C1. The Morgan fingerprint density at radius 2 is 2.29 bits per heavy atom. The number of likely N-dealkylation sites (N-methyl/N-ethyl adjacent to an activating group) is 1. The summed E-state index contributed by atoms with van der Waals surface area (Å²) in [4.78, 5) is 25.2. The highest BCUT2D eigenvalue weighted by molar-refractivity contribution is 7.08. The summed E-state index contributed by atoms with van der Waals surface area (Å²) in [6.45, 7) is 2.69. The molecule has 0 saturated heterocycles. The first kappa shape index (κ1) is 15.7. The first-order valence-corrected chi connectivity index (χ1v) is 7.58. The number of hydrogen-bond donors (Lipinski definition) is 2. The number of hydrogen-bond acceptors (Lipinski definition) is 6. The molecule has 2 rings (SSSR count). The molecule has 0 unspecified atom stereocenters. The van der Waals surface area contributed by atoms with E-state index in [0.717, 1.165) is 24.4 Å². The Morgan fingerprint density at radius 3 is 2.81 bits per heavy atom. The maximum atomic E-state index is 12.0. The zero-order valence-electron chi connectivity index (χ0n) is 12.0. The number of carbonyl (C=O) groups is 2. The van der Waals surface area contributed by atoms with Gasteiger partial charge in [-0.25, -0.2) is 0 Å². The molecule has 1 aromatic rings. The summed E-state index contributed by atoms with van der Waals surface area (Å²) in [6, 6.07) is 1.93. The molecule has 0 bridgehead atoms. The van der Waals surface area contributed by atoms with Gasteiger partial charge in [-0.3, -0.25) is 14.5 Å². The number of aromatic nitrogens is 1. The number of ether oxygens (including phenoxy) is 1. The number of amides is 1. The minimum Gasteiger partial charge on any atom is -0.480 e. The summed E-state index contributed by atoms with van der Waals surface area (Å²) in [5.74, 6) is -0.531. The van der Waals surface area contributed by atoms with Crippen LogP contribution >= 0.6 is 11.5 Å². The van der Waals surface area contributed by atoms with Crippen molar-refractivity contribution in [2.24, 2.45) is 0 Å². The van der Waals surface area contributed by atoms with E-state index >= 15 is 0 Å². The summed E-state index contributed by atoms with van der Waals surface area (Å²) in [5, 5.41) is 11.8. The minimum absolute atomic E-state index is 0.0495. The van der Waals surface area contributed by atoms with Gasteiger partial charge in [0.1, 0.15) is 4.88 Å². The quantitative estimate of drug-likeness (QED) is 0.774. The molecule has 1 aliphatic carbocycles. The third-order valence-corrected chi connectivity index (χ3v) is 4.40. The van der Waals surface area contributed by atoms with Gasteiger partial charge in [-0.15, -0.1) is 0 Å². The van der Waals surface area contributed by atoms with Crippen molar-refractivity contribution >= 4 is 23.4 Å². The predicted molar refractivity (Wildman–Crippen MR) is 77.8 cm³/mol. The lowest BCUT2D eigenvalue weighted by Gasteiger charge is -2.42. The van der Waals surface area contributed by atoms with Crippen LogP contribution in [0.15, 0.2) is 6.07 Å². The Kier molecular flexibility index (Phi) is 5.13. The molecule has 1 aliphatic rings. The van der Waals surface area contributed by atoms with E-state index in [1.807, 2.05) is 11.8 Å². The average molecular weight is 313 g/mol. The molecule has 1 aromatic heterocycles. The van der Waals surface area contributed by atoms with Crippen LogP contribution in [0.4, 0.5) is 0 Å². The molecular formula is C13H19N3O4S. The molecule has 1 saturated carbocycles. The van der Waals surface area contributed by atoms with E-state index in [0.29, 0.717) is 17.3 Å². The summed E-state index contributed by atoms with van der Waals surface area (Å²) < 4.78 is 8.93. The molecule has 0 aromatic carbocycles. The van der Waals surface area contributed by atoms with E-state index in [1.165, 1.54) is 7.11 Å². The molecular weight excluding hydrogens is 294 g/mol. The maximum absolute atomic E-state index is 12.0. The third-order valence-electron chi connectivity index (χ3n) is 3.63. The van der Waals surface area contributed by atoms with Gasteiger partial charge >= 0.3 is 5.97 Å². The minimum atomic E-state index is -0.818. The summed E-state index contributed by atoms with van der Waals surface area (Å²) >= 11 is 1.10. The summed E-state index contributed by atoms with van der Waals surface area (Å²) in [6.07, 6.45) is 1.56. The van der Waals surface area contributed by atoms with Crippen molar-refractivity contribution in [3.05, 3.63) is 10.9 Å². The van der Waals surface area contributed by atoms with Gasteiger partial charge in [0.25, 0.3) is 5.91 Å². The van der Waals surface area contributed by atoms with Gasteiger partial charge in [-0.2, -0.15) is 4.37 Å². The summed E-state index contributed by atoms with van der Waals surface area (Å²) in [5.41, 5.74) is 0. The molecule has 2 N–H and O–H groups in total. The smallest absolute Gasteiger partial charge is 0.317 e. The first-order chi connectivity index (χ1) is 10.0. The highest BCUT2D eigenvalue weighted by atomic mass is 32.1. The third kappa shape index (κ3) is 3.92. The standard InChI is InChI=1S/C13H19N3O4S/c1-3-16(7-12(17)18)9-4-8(5-9)14-13(19)10-6-11(20-2)15-21-10/h6,8-9H,3-5,7H2,1-2H3,(H,14,19)(H,17,18). The molecule has 0 spiro atoms. The normalized spacial score (nSPS) is 20.9. The Hall–Kier alpha value is -1.67. The van der Waals surface area contributed by atoms with Gasteiger partial charge in [0.05, 0.1) is 13.7 Å². The van der Waals surface area contributed by atoms with Crippen LogP contribution in [0.1, 0.15) is 29.4 Å². The largest absolute Gasteiger partial charge is 0.480 e. The van der Waals surface area contributed by atoms with Crippen molar-refractivity contribution in [1.82, 2.24) is 14.6 Å². The Labute approximate surface area is 127 Å². The lowest BCUT2D eigenvalue weighted by Crippen LogP contribution is -2.54. The van der Waals surface area contributed by atoms with Gasteiger partial charge < -0.3 is 15.2 Å². The molecule has 21 heavy (non-hydrogen) atoms. The number of nitrogens with zero attached hydrogens (tertiary/aromatic N) is 2. The number of aliphatic carboxylic acids is 1. The highest BCUT2D eigenvalue weighted by Crippen LogP contribution is 2.26. The number of methoxy groups -OCH3 is 1. The molecule has 0 aliphatic heterocycles. The van der Waals surface area contributed by atoms with Crippen LogP contribution in [0.3, 0.4) is 0 Å². The number of carboxylic acids is 1. The van der Waals surface area contributed by atoms with Crippen LogP contribution in [-0.2, 0) is 4.79 Å². The fourth-order valence-electron chi connectivity index (χ4n) is 2.40. The molecule has 0 atom stereocenters. The second kappa shape index (κ2) is 6.86. The molecule has 116 valence electrons. The second-order valence-corrected chi connectivity index (χ2v) is 5.79. The van der Waals surface area contributed by atoms with Crippen molar-refractivity contribution in [1.29, 1.82) is 0 Å². The van der Waals surface area contributed by atoms with Gasteiger partial charge in [0.2, 0.25) is 5.88 Å². The number of carbonyl (C=O) groups excluding carboxylic acids is 1. The van der Waals surface area contributed by atoms with E-state index in [2.05, 4.69) is 9.69 Å². The lowest BCUT2D eigenvalue weighted by atomic mass is 9.85. The van der Waals surface area contributed by atoms with Gasteiger partial charge in [-0.05, 0) is 30.9 Å². The van der Waals surface area contributed by atoms with Crippen LogP contribution in [0.5, 0.6) is 5.88 Å². The van der Waals surface area contributed by atoms with Crippen LogP contribution < -0.4 is 10.1 Å². The maximum Gasteiger partial charge on any atom is 0.317 e.